The molecule has 1 aliphatic carbocycles. The number of carboxylic acid groups (broad SMARTS) is 1. The summed E-state index contributed by atoms with van der Waals surface area (Å²) >= 11 is 0. The molecular weight excluding hydrogens is 489 g/mol. The van der Waals surface area contributed by atoms with Crippen molar-refractivity contribution < 1.29 is 23.8 Å². The molecule has 5 rings (SSSR count). The number of imidazole rings is 1. The number of aromatic nitrogens is 3. The minimum absolute atomic E-state index is 0.126. The van der Waals surface area contributed by atoms with Crippen molar-refractivity contribution in [3.05, 3.63) is 77.6 Å². The Kier molecular flexibility index (Phi) is 6.95. The van der Waals surface area contributed by atoms with E-state index in [2.05, 4.69) is 10.3 Å². The van der Waals surface area contributed by atoms with Crippen molar-refractivity contribution in [1.82, 2.24) is 19.7 Å². The summed E-state index contributed by atoms with van der Waals surface area (Å²) in [7, 11) is 1.43. The third-order valence-corrected chi connectivity index (χ3v) is 7.14. The van der Waals surface area contributed by atoms with Crippen molar-refractivity contribution in [1.29, 1.82) is 0 Å². The summed E-state index contributed by atoms with van der Waals surface area (Å²) in [4.78, 5) is 33.2. The van der Waals surface area contributed by atoms with Crippen molar-refractivity contribution in [3.63, 3.8) is 0 Å². The lowest BCUT2D eigenvalue weighted by Gasteiger charge is -2.25. The normalized spacial score (nSPS) is 17.3. The Morgan fingerprint density at radius 2 is 1.89 bits per heavy atom. The maximum atomic E-state index is 13.6. The number of carbonyl (C=O) groups is 2. The molecule has 2 heterocycles. The van der Waals surface area contributed by atoms with Gasteiger partial charge >= 0.3 is 5.97 Å². The minimum Gasteiger partial charge on any atom is -0.496 e. The van der Waals surface area contributed by atoms with Gasteiger partial charge in [0.05, 0.1) is 18.6 Å². The van der Waals surface area contributed by atoms with Crippen LogP contribution in [0.4, 0.5) is 10.2 Å². The maximum absolute atomic E-state index is 13.6. The molecule has 1 fully saturated rings. The number of halogens is 1. The molecule has 2 aromatic heterocycles. The second-order valence-corrected chi connectivity index (χ2v) is 9.46. The molecule has 0 atom stereocenters. The Bertz CT molecular complexity index is 1490. The zero-order chi connectivity index (χ0) is 26.8. The number of amides is 1. The molecule has 9 nitrogen and oxygen atoms in total. The first-order valence-corrected chi connectivity index (χ1v) is 12.4. The second kappa shape index (κ2) is 10.5. The van der Waals surface area contributed by atoms with Gasteiger partial charge < -0.3 is 20.9 Å². The number of carboxylic acids is 1. The van der Waals surface area contributed by atoms with E-state index >= 15 is 0 Å². The van der Waals surface area contributed by atoms with E-state index in [0.29, 0.717) is 35.6 Å². The molecule has 0 spiro atoms. The van der Waals surface area contributed by atoms with Gasteiger partial charge in [-0.2, -0.15) is 0 Å². The third-order valence-electron chi connectivity index (χ3n) is 7.14. The molecular formula is C28H28FN5O4. The summed E-state index contributed by atoms with van der Waals surface area (Å²) in [5, 5.41) is 12.1. The summed E-state index contributed by atoms with van der Waals surface area (Å²) in [6, 6.07) is 11.4. The molecule has 196 valence electrons. The summed E-state index contributed by atoms with van der Waals surface area (Å²) in [5.74, 6) is -0.362. The van der Waals surface area contributed by atoms with Crippen LogP contribution in [0.2, 0.25) is 0 Å². The molecule has 0 unspecified atom stereocenters. The largest absolute Gasteiger partial charge is 0.496 e. The Balaban J connectivity index is 1.36. The molecule has 1 aliphatic rings. The highest BCUT2D eigenvalue weighted by Gasteiger charge is 2.30. The number of hydrogen-bond acceptors (Lipinski definition) is 6. The predicted molar refractivity (Wildman–Crippen MR) is 139 cm³/mol. The van der Waals surface area contributed by atoms with Gasteiger partial charge in [-0.15, -0.1) is 0 Å². The summed E-state index contributed by atoms with van der Waals surface area (Å²) in [6.45, 7) is 0.241. The summed E-state index contributed by atoms with van der Waals surface area (Å²) in [6.07, 6.45) is 6.20. The fourth-order valence-corrected chi connectivity index (χ4v) is 5.09. The van der Waals surface area contributed by atoms with Crippen LogP contribution >= 0.6 is 0 Å². The van der Waals surface area contributed by atoms with Gasteiger partial charge in [0.1, 0.15) is 34.4 Å². The topological polar surface area (TPSA) is 132 Å². The number of benzene rings is 2. The average Bonchev–Trinajstić information content (AvgIpc) is 3.33. The van der Waals surface area contributed by atoms with Crippen molar-refractivity contribution in [2.75, 3.05) is 12.8 Å². The number of nitrogens with zero attached hydrogens (tertiary/aromatic N) is 3. The van der Waals surface area contributed by atoms with Gasteiger partial charge in [-0.3, -0.25) is 14.0 Å². The highest BCUT2D eigenvalue weighted by molar-refractivity contribution is 5.97. The number of anilines is 1. The zero-order valence-corrected chi connectivity index (χ0v) is 20.9. The number of rotatable bonds is 7. The van der Waals surface area contributed by atoms with E-state index in [1.807, 2.05) is 34.9 Å². The number of fused-ring (bicyclic) bond motifs is 1. The average molecular weight is 518 g/mol. The first-order valence-electron chi connectivity index (χ1n) is 12.4. The lowest BCUT2D eigenvalue weighted by atomic mass is 9.81. The van der Waals surface area contributed by atoms with Gasteiger partial charge in [0.2, 0.25) is 0 Å². The lowest BCUT2D eigenvalue weighted by molar-refractivity contribution is -0.142. The van der Waals surface area contributed by atoms with Crippen LogP contribution in [-0.2, 0) is 11.3 Å². The van der Waals surface area contributed by atoms with Crippen LogP contribution in [-0.4, -0.2) is 38.5 Å². The monoisotopic (exact) mass is 517 g/mol. The number of ether oxygens (including phenoxy) is 1. The van der Waals surface area contributed by atoms with Gasteiger partial charge in [0.25, 0.3) is 5.91 Å². The molecule has 38 heavy (non-hydrogen) atoms. The van der Waals surface area contributed by atoms with Crippen LogP contribution in [0.1, 0.15) is 53.3 Å². The second-order valence-electron chi connectivity index (χ2n) is 9.46. The van der Waals surface area contributed by atoms with Crippen molar-refractivity contribution in [2.45, 2.75) is 38.1 Å². The molecule has 1 saturated carbocycles. The first-order chi connectivity index (χ1) is 18.4. The SMILES string of the molecule is COc1ccc(F)cc1C(=O)NCc1ccc(-c2nc(C3CCC(C(=O)O)CC3)n3ccnc(N)c23)cc1. The van der Waals surface area contributed by atoms with E-state index in [4.69, 9.17) is 15.5 Å². The predicted octanol–water partition coefficient (Wildman–Crippen LogP) is 4.41. The van der Waals surface area contributed by atoms with Crippen LogP contribution in [0.15, 0.2) is 54.9 Å². The van der Waals surface area contributed by atoms with Crippen LogP contribution in [0, 0.1) is 11.7 Å². The van der Waals surface area contributed by atoms with Gasteiger partial charge in [0, 0.05) is 30.4 Å². The van der Waals surface area contributed by atoms with Crippen LogP contribution in [0.5, 0.6) is 5.75 Å². The Labute approximate surface area is 218 Å². The summed E-state index contributed by atoms with van der Waals surface area (Å²) < 4.78 is 20.8. The standard InChI is InChI=1S/C28H28FN5O4/c1-38-22-11-10-20(29)14-21(22)27(35)32-15-16-2-4-17(5-3-16)23-24-25(30)31-12-13-34(24)26(33-23)18-6-8-19(9-7-18)28(36)37/h2-5,10-14,18-19H,6-9,15H2,1H3,(H2,30,31)(H,32,35)(H,36,37). The Morgan fingerprint density at radius 3 is 2.58 bits per heavy atom. The van der Waals surface area contributed by atoms with E-state index < -0.39 is 17.7 Å². The quantitative estimate of drug-likeness (QED) is 0.331. The third kappa shape index (κ3) is 4.89. The molecule has 0 bridgehead atoms. The van der Waals surface area contributed by atoms with Crippen LogP contribution in [0.3, 0.4) is 0 Å². The van der Waals surface area contributed by atoms with Gasteiger partial charge in [-0.05, 0) is 49.4 Å². The van der Waals surface area contributed by atoms with Crippen LogP contribution < -0.4 is 15.8 Å². The highest BCUT2D eigenvalue weighted by Crippen LogP contribution is 2.38. The highest BCUT2D eigenvalue weighted by atomic mass is 19.1. The molecule has 2 aromatic carbocycles. The number of aliphatic carboxylic acids is 1. The number of nitrogens with two attached hydrogens (primary N) is 1. The van der Waals surface area contributed by atoms with Crippen LogP contribution in [0.25, 0.3) is 16.8 Å². The van der Waals surface area contributed by atoms with Gasteiger partial charge in [-0.25, -0.2) is 14.4 Å². The van der Waals surface area contributed by atoms with Gasteiger partial charge in [-0.1, -0.05) is 24.3 Å². The van der Waals surface area contributed by atoms with Crippen molar-refractivity contribution >= 4 is 23.2 Å². The summed E-state index contributed by atoms with van der Waals surface area (Å²) in [5.41, 5.74) is 9.49. The lowest BCUT2D eigenvalue weighted by Crippen LogP contribution is -2.23. The number of nitrogens with one attached hydrogen (secondary N) is 1. The smallest absolute Gasteiger partial charge is 0.306 e. The fourth-order valence-electron chi connectivity index (χ4n) is 5.09. The molecule has 0 radical (unpaired) electrons. The number of hydrogen-bond donors (Lipinski definition) is 3. The number of nitrogen functional groups attached to an aromatic ring is 1. The molecule has 0 aliphatic heterocycles. The Hall–Kier alpha value is -4.47. The molecule has 4 aromatic rings. The molecule has 0 saturated heterocycles. The van der Waals surface area contributed by atoms with Gasteiger partial charge in [0.15, 0.2) is 0 Å². The number of methoxy groups -OCH3 is 1. The maximum Gasteiger partial charge on any atom is 0.306 e. The van der Waals surface area contributed by atoms with E-state index in [0.717, 1.165) is 35.9 Å². The zero-order valence-electron chi connectivity index (χ0n) is 20.9. The fraction of sp³-hybridized carbons (Fsp3) is 0.286. The molecule has 10 heteroatoms. The van der Waals surface area contributed by atoms with Crippen molar-refractivity contribution in [2.24, 2.45) is 5.92 Å². The van der Waals surface area contributed by atoms with E-state index in [9.17, 15) is 19.1 Å². The molecule has 4 N–H and O–H groups in total. The van der Waals surface area contributed by atoms with E-state index in [-0.39, 0.29) is 23.9 Å². The van der Waals surface area contributed by atoms with E-state index in [1.54, 1.807) is 6.20 Å². The Morgan fingerprint density at radius 1 is 1.16 bits per heavy atom. The van der Waals surface area contributed by atoms with Crippen molar-refractivity contribution in [3.8, 4) is 17.0 Å². The first kappa shape index (κ1) is 25.2. The number of carbonyl (C=O) groups excluding carboxylic acids is 1. The molecule has 1 amide bonds. The van der Waals surface area contributed by atoms with E-state index in [1.165, 1.54) is 19.2 Å². The minimum atomic E-state index is -0.739.